The maximum atomic E-state index is 12.5. The molecule has 9 heteroatoms. The number of anilines is 2. The van der Waals surface area contributed by atoms with Gasteiger partial charge in [-0.25, -0.2) is 4.79 Å². The Morgan fingerprint density at radius 2 is 1.43 bits per heavy atom. The minimum Gasteiger partial charge on any atom is -0.493 e. The second-order valence-corrected chi connectivity index (χ2v) is 6.14. The fourth-order valence-electron chi connectivity index (χ4n) is 2.46. The number of nitrogens with one attached hydrogen (secondary N) is 3. The van der Waals surface area contributed by atoms with Gasteiger partial charge in [0.15, 0.2) is 11.5 Å². The molecule has 0 radical (unpaired) electrons. The number of methoxy groups -OCH3 is 3. The molecule has 9 nitrogen and oxygen atoms in total. The molecule has 0 aliphatic carbocycles. The van der Waals surface area contributed by atoms with Crippen LogP contribution in [-0.2, 0) is 4.79 Å². The maximum Gasteiger partial charge on any atom is 0.326 e. The predicted octanol–water partition coefficient (Wildman–Crippen LogP) is 3.19. The first kappa shape index (κ1) is 22.3. The van der Waals surface area contributed by atoms with E-state index in [0.717, 1.165) is 0 Å². The molecule has 2 aromatic rings. The highest BCUT2D eigenvalue weighted by atomic mass is 16.5. The molecule has 0 bridgehead atoms. The average Bonchev–Trinajstić information content (AvgIpc) is 2.72. The molecule has 0 aliphatic heterocycles. The lowest BCUT2D eigenvalue weighted by Gasteiger charge is -2.14. The summed E-state index contributed by atoms with van der Waals surface area (Å²) in [5.41, 5.74) is 1.34. The van der Waals surface area contributed by atoms with Gasteiger partial charge < -0.3 is 24.8 Å². The summed E-state index contributed by atoms with van der Waals surface area (Å²) in [6, 6.07) is 8.56. The summed E-state index contributed by atoms with van der Waals surface area (Å²) in [7, 11) is 4.29. The van der Waals surface area contributed by atoms with Crippen LogP contribution in [0.3, 0.4) is 0 Å². The zero-order chi connectivity index (χ0) is 22.3. The minimum atomic E-state index is -0.753. The van der Waals surface area contributed by atoms with E-state index in [0.29, 0.717) is 22.7 Å². The SMILES string of the molecule is C=C(C)C(=O)Nc1cccc(NC(=O)NC(=O)c2cc(OC)c(OC)c(OC)c2)c1. The second kappa shape index (κ2) is 9.97. The van der Waals surface area contributed by atoms with Crippen molar-refractivity contribution < 1.29 is 28.6 Å². The first-order valence-electron chi connectivity index (χ1n) is 8.78. The Bertz CT molecular complexity index is 961. The van der Waals surface area contributed by atoms with E-state index in [9.17, 15) is 14.4 Å². The third-order valence-electron chi connectivity index (χ3n) is 3.92. The zero-order valence-corrected chi connectivity index (χ0v) is 17.1. The van der Waals surface area contributed by atoms with Crippen molar-refractivity contribution in [2.24, 2.45) is 0 Å². The van der Waals surface area contributed by atoms with Crippen molar-refractivity contribution in [3.63, 3.8) is 0 Å². The van der Waals surface area contributed by atoms with Gasteiger partial charge in [-0.1, -0.05) is 12.6 Å². The van der Waals surface area contributed by atoms with Gasteiger partial charge in [-0.15, -0.1) is 0 Å². The number of urea groups is 1. The van der Waals surface area contributed by atoms with Crippen LogP contribution in [0.25, 0.3) is 0 Å². The molecule has 30 heavy (non-hydrogen) atoms. The molecule has 3 N–H and O–H groups in total. The van der Waals surface area contributed by atoms with Crippen LogP contribution in [0.15, 0.2) is 48.6 Å². The molecule has 0 saturated carbocycles. The molecule has 2 aromatic carbocycles. The van der Waals surface area contributed by atoms with Crippen molar-refractivity contribution in [1.82, 2.24) is 5.32 Å². The van der Waals surface area contributed by atoms with Crippen molar-refractivity contribution in [2.45, 2.75) is 6.92 Å². The number of imide groups is 1. The maximum absolute atomic E-state index is 12.5. The first-order chi connectivity index (χ1) is 14.3. The largest absolute Gasteiger partial charge is 0.493 e. The highest BCUT2D eigenvalue weighted by molar-refractivity contribution is 6.09. The average molecular weight is 413 g/mol. The third kappa shape index (κ3) is 5.51. The molecule has 0 saturated heterocycles. The number of amides is 4. The summed E-state index contributed by atoms with van der Waals surface area (Å²) >= 11 is 0. The van der Waals surface area contributed by atoms with E-state index in [1.165, 1.54) is 33.5 Å². The second-order valence-electron chi connectivity index (χ2n) is 6.14. The number of hydrogen-bond acceptors (Lipinski definition) is 6. The van der Waals surface area contributed by atoms with Crippen LogP contribution in [0, 0.1) is 0 Å². The fourth-order valence-corrected chi connectivity index (χ4v) is 2.46. The molecule has 0 unspecified atom stereocenters. The normalized spacial score (nSPS) is 9.87. The molecule has 2 rings (SSSR count). The molecular weight excluding hydrogens is 390 g/mol. The monoisotopic (exact) mass is 413 g/mol. The summed E-state index contributed by atoms with van der Waals surface area (Å²) in [5, 5.41) is 7.40. The van der Waals surface area contributed by atoms with Crippen LogP contribution in [-0.4, -0.2) is 39.2 Å². The Kier molecular flexibility index (Phi) is 7.40. The van der Waals surface area contributed by atoms with Gasteiger partial charge in [-0.2, -0.15) is 0 Å². The van der Waals surface area contributed by atoms with Crippen LogP contribution < -0.4 is 30.2 Å². The number of carbonyl (C=O) groups is 3. The Hall–Kier alpha value is -4.01. The number of ether oxygens (including phenoxy) is 3. The van der Waals surface area contributed by atoms with E-state index in [1.54, 1.807) is 31.2 Å². The summed E-state index contributed by atoms with van der Waals surface area (Å²) in [4.78, 5) is 36.4. The van der Waals surface area contributed by atoms with E-state index in [2.05, 4.69) is 22.5 Å². The minimum absolute atomic E-state index is 0.141. The van der Waals surface area contributed by atoms with Crippen LogP contribution in [0.2, 0.25) is 0 Å². The molecule has 0 aliphatic rings. The summed E-state index contributed by atoms with van der Waals surface area (Å²) in [6.07, 6.45) is 0. The molecular formula is C21H23N3O6. The van der Waals surface area contributed by atoms with Gasteiger partial charge in [-0.05, 0) is 37.3 Å². The van der Waals surface area contributed by atoms with Gasteiger partial charge in [-0.3, -0.25) is 14.9 Å². The topological polar surface area (TPSA) is 115 Å². The van der Waals surface area contributed by atoms with E-state index in [-0.39, 0.29) is 23.0 Å². The molecule has 4 amide bonds. The number of benzene rings is 2. The van der Waals surface area contributed by atoms with Gasteiger partial charge in [0.1, 0.15) is 0 Å². The Labute approximate surface area is 174 Å². The van der Waals surface area contributed by atoms with Gasteiger partial charge in [0.05, 0.1) is 21.3 Å². The first-order valence-corrected chi connectivity index (χ1v) is 8.78. The summed E-state index contributed by atoms with van der Waals surface area (Å²) in [6.45, 7) is 5.15. The van der Waals surface area contributed by atoms with Gasteiger partial charge in [0.25, 0.3) is 11.8 Å². The zero-order valence-electron chi connectivity index (χ0n) is 17.1. The van der Waals surface area contributed by atoms with E-state index >= 15 is 0 Å². The lowest BCUT2D eigenvalue weighted by atomic mass is 10.1. The Morgan fingerprint density at radius 3 is 1.93 bits per heavy atom. The van der Waals surface area contributed by atoms with Gasteiger partial charge in [0, 0.05) is 22.5 Å². The highest BCUT2D eigenvalue weighted by Gasteiger charge is 2.18. The molecule has 0 aromatic heterocycles. The van der Waals surface area contributed by atoms with Crippen molar-refractivity contribution in [1.29, 1.82) is 0 Å². The lowest BCUT2D eigenvalue weighted by Crippen LogP contribution is -2.34. The van der Waals surface area contributed by atoms with Crippen LogP contribution in [0.1, 0.15) is 17.3 Å². The number of hydrogen-bond donors (Lipinski definition) is 3. The fraction of sp³-hybridized carbons (Fsp3) is 0.190. The van der Waals surface area contributed by atoms with Crippen molar-refractivity contribution >= 4 is 29.2 Å². The standard InChI is InChI=1S/C21H23N3O6/c1-12(2)19(25)22-14-7-6-8-15(11-14)23-21(27)24-20(26)13-9-16(28-3)18(30-5)17(10-13)29-4/h6-11H,1H2,2-5H3,(H,22,25)(H2,23,24,26,27). The van der Waals surface area contributed by atoms with Crippen molar-refractivity contribution in [3.8, 4) is 17.2 Å². The molecule has 0 atom stereocenters. The predicted molar refractivity (Wildman–Crippen MR) is 112 cm³/mol. The number of rotatable bonds is 7. The van der Waals surface area contributed by atoms with Crippen LogP contribution in [0.4, 0.5) is 16.2 Å². The third-order valence-corrected chi connectivity index (χ3v) is 3.92. The van der Waals surface area contributed by atoms with Crippen molar-refractivity contribution in [2.75, 3.05) is 32.0 Å². The van der Waals surface area contributed by atoms with Crippen LogP contribution in [0.5, 0.6) is 17.2 Å². The van der Waals surface area contributed by atoms with Gasteiger partial charge in [0.2, 0.25) is 5.75 Å². The summed E-state index contributed by atoms with van der Waals surface area (Å²) in [5.74, 6) is -0.117. The molecule has 0 fully saturated rings. The molecule has 0 heterocycles. The Balaban J connectivity index is 2.11. The lowest BCUT2D eigenvalue weighted by molar-refractivity contribution is -0.112. The Morgan fingerprint density at radius 1 is 0.867 bits per heavy atom. The molecule has 158 valence electrons. The number of carbonyl (C=O) groups excluding carboxylic acids is 3. The van der Waals surface area contributed by atoms with Crippen LogP contribution >= 0.6 is 0 Å². The van der Waals surface area contributed by atoms with Crippen molar-refractivity contribution in [3.05, 3.63) is 54.1 Å². The molecule has 0 spiro atoms. The van der Waals surface area contributed by atoms with E-state index < -0.39 is 11.9 Å². The quantitative estimate of drug-likeness (QED) is 0.601. The highest BCUT2D eigenvalue weighted by Crippen LogP contribution is 2.38. The van der Waals surface area contributed by atoms with E-state index in [4.69, 9.17) is 14.2 Å². The summed E-state index contributed by atoms with van der Waals surface area (Å²) < 4.78 is 15.6. The van der Waals surface area contributed by atoms with Gasteiger partial charge >= 0.3 is 6.03 Å². The van der Waals surface area contributed by atoms with E-state index in [1.807, 2.05) is 0 Å². The smallest absolute Gasteiger partial charge is 0.326 e.